The third-order valence-corrected chi connectivity index (χ3v) is 12.5. The molecular weight excluding hydrogens is 675 g/mol. The van der Waals surface area contributed by atoms with Gasteiger partial charge in [-0.2, -0.15) is 15.2 Å². The molecule has 3 aliphatic heterocycles. The van der Waals surface area contributed by atoms with E-state index in [0.717, 1.165) is 36.8 Å². The zero-order valence-electron chi connectivity index (χ0n) is 25.4. The Morgan fingerprint density at radius 2 is 1.96 bits per heavy atom. The Morgan fingerprint density at radius 1 is 1.17 bits per heavy atom. The van der Waals surface area contributed by atoms with Crippen molar-refractivity contribution >= 4 is 54.7 Å². The van der Waals surface area contributed by atoms with E-state index in [-0.39, 0.29) is 110 Å². The summed E-state index contributed by atoms with van der Waals surface area (Å²) < 4.78 is 87.5. The van der Waals surface area contributed by atoms with Gasteiger partial charge in [0.05, 0.1) is 32.8 Å². The number of fused-ring (bicyclic) bond motifs is 2. The number of nitrogens with zero attached hydrogens (tertiary/aromatic N) is 5. The number of nitrogens with two attached hydrogens (primary N) is 1. The van der Waals surface area contributed by atoms with E-state index in [1.165, 1.54) is 6.07 Å². The standard InChI is InChI=1S/C33H28ClF5N6O2S/c34-23-21(17-2-3-19(36)27-20(17)18(11-40)28(41)48-27)24(37)25-22-26(23)46-7-6-45(16-9-31(10-16)13-33(31,38)39)29(22)43-30(42-25)47-14-32-4-1-5-44(32)12-15(35)8-32/h2-3,15-16H,1,4-10,12-14,41H2/t15-,16?,31?,32+/m1/s1. The molecule has 9 rings (SSSR count). The van der Waals surface area contributed by atoms with Crippen LogP contribution in [0.1, 0.15) is 44.1 Å². The van der Waals surface area contributed by atoms with Crippen LogP contribution in [0.15, 0.2) is 12.1 Å². The molecule has 2 aromatic heterocycles. The molecular formula is C33H28ClF5N6O2S. The van der Waals surface area contributed by atoms with Gasteiger partial charge in [-0.15, -0.1) is 11.3 Å². The van der Waals surface area contributed by atoms with Gasteiger partial charge < -0.3 is 20.1 Å². The predicted molar refractivity (Wildman–Crippen MR) is 171 cm³/mol. The van der Waals surface area contributed by atoms with Crippen molar-refractivity contribution in [2.24, 2.45) is 5.41 Å². The first-order valence-electron chi connectivity index (χ1n) is 15.9. The van der Waals surface area contributed by atoms with Crippen molar-refractivity contribution in [3.63, 3.8) is 0 Å². The average Bonchev–Trinajstić information content (AvgIpc) is 3.22. The van der Waals surface area contributed by atoms with E-state index in [1.54, 1.807) is 0 Å². The van der Waals surface area contributed by atoms with Crippen molar-refractivity contribution in [1.29, 1.82) is 5.26 Å². The van der Waals surface area contributed by atoms with Crippen LogP contribution in [0.25, 0.3) is 32.1 Å². The highest BCUT2D eigenvalue weighted by Gasteiger charge is 2.76. The smallest absolute Gasteiger partial charge is 0.319 e. The molecule has 4 fully saturated rings. The molecule has 2 atom stereocenters. The minimum absolute atomic E-state index is 0.00989. The summed E-state index contributed by atoms with van der Waals surface area (Å²) in [6.07, 6.45) is 1.26. The maximum Gasteiger partial charge on any atom is 0.319 e. The van der Waals surface area contributed by atoms with Crippen molar-refractivity contribution in [3.8, 4) is 29.0 Å². The van der Waals surface area contributed by atoms with Gasteiger partial charge in [-0.1, -0.05) is 17.7 Å². The normalized spacial score (nSPS) is 28.7. The number of benzene rings is 2. The highest BCUT2D eigenvalue weighted by molar-refractivity contribution is 7.23. The number of nitrogen functional groups attached to an aromatic ring is 1. The lowest BCUT2D eigenvalue weighted by Crippen LogP contribution is -2.49. The minimum atomic E-state index is -2.71. The Morgan fingerprint density at radius 3 is 2.71 bits per heavy atom. The fourth-order valence-electron chi connectivity index (χ4n) is 8.63. The van der Waals surface area contributed by atoms with Crippen molar-refractivity contribution in [3.05, 3.63) is 34.4 Å². The van der Waals surface area contributed by atoms with Crippen LogP contribution in [0.4, 0.5) is 32.8 Å². The summed E-state index contributed by atoms with van der Waals surface area (Å²) in [6.45, 7) is 1.48. The van der Waals surface area contributed by atoms with E-state index in [9.17, 15) is 22.8 Å². The van der Waals surface area contributed by atoms with E-state index in [2.05, 4.69) is 9.88 Å². The number of anilines is 2. The highest BCUT2D eigenvalue weighted by atomic mass is 35.5. The highest BCUT2D eigenvalue weighted by Crippen LogP contribution is 2.72. The van der Waals surface area contributed by atoms with Crippen molar-refractivity contribution < 1.29 is 31.4 Å². The Kier molecular flexibility index (Phi) is 6.45. The zero-order chi connectivity index (χ0) is 33.3. The predicted octanol–water partition coefficient (Wildman–Crippen LogP) is 7.24. The molecule has 8 nitrogen and oxygen atoms in total. The number of rotatable bonds is 5. The monoisotopic (exact) mass is 702 g/mol. The van der Waals surface area contributed by atoms with Gasteiger partial charge in [0.15, 0.2) is 11.6 Å². The molecule has 0 amide bonds. The first-order valence-corrected chi connectivity index (χ1v) is 17.1. The third-order valence-electron chi connectivity index (χ3n) is 11.1. The molecule has 2 aliphatic carbocycles. The van der Waals surface area contributed by atoms with E-state index in [1.807, 2.05) is 11.0 Å². The van der Waals surface area contributed by atoms with Crippen LogP contribution in [-0.2, 0) is 0 Å². The molecule has 0 bridgehead atoms. The second-order valence-corrected chi connectivity index (χ2v) is 15.2. The number of halogens is 6. The van der Waals surface area contributed by atoms with Gasteiger partial charge in [0.1, 0.15) is 47.6 Å². The summed E-state index contributed by atoms with van der Waals surface area (Å²) in [7, 11) is 0. The van der Waals surface area contributed by atoms with Crippen LogP contribution >= 0.6 is 22.9 Å². The molecule has 5 heterocycles. The van der Waals surface area contributed by atoms with Crippen LogP contribution < -0.4 is 20.1 Å². The molecule has 0 radical (unpaired) electrons. The fourth-order valence-corrected chi connectivity index (χ4v) is 9.91. The van der Waals surface area contributed by atoms with Gasteiger partial charge in [-0.05, 0) is 43.9 Å². The molecule has 2 aromatic carbocycles. The average molecular weight is 703 g/mol. The quantitative estimate of drug-likeness (QED) is 0.218. The molecule has 250 valence electrons. The van der Waals surface area contributed by atoms with Crippen molar-refractivity contribution in [2.45, 2.75) is 62.2 Å². The van der Waals surface area contributed by atoms with Crippen LogP contribution in [0.3, 0.4) is 0 Å². The van der Waals surface area contributed by atoms with Crippen molar-refractivity contribution in [1.82, 2.24) is 14.9 Å². The van der Waals surface area contributed by atoms with Gasteiger partial charge in [0.2, 0.25) is 0 Å². The maximum atomic E-state index is 17.1. The topological polar surface area (TPSA) is 101 Å². The van der Waals surface area contributed by atoms with Gasteiger partial charge in [0.25, 0.3) is 5.92 Å². The summed E-state index contributed by atoms with van der Waals surface area (Å²) in [6, 6.07) is 4.02. The first-order chi connectivity index (χ1) is 23.0. The number of nitriles is 1. The van der Waals surface area contributed by atoms with Crippen LogP contribution in [0, 0.1) is 28.4 Å². The summed E-state index contributed by atoms with van der Waals surface area (Å²) >= 11 is 7.84. The number of aromatic nitrogens is 2. The lowest BCUT2D eigenvalue weighted by molar-refractivity contribution is 0.0194. The first kappa shape index (κ1) is 30.4. The summed E-state index contributed by atoms with van der Waals surface area (Å²) in [5.41, 5.74) is 4.25. The van der Waals surface area contributed by atoms with Crippen LogP contribution in [0.2, 0.25) is 5.02 Å². The van der Waals surface area contributed by atoms with E-state index in [4.69, 9.17) is 31.8 Å². The molecule has 2 saturated carbocycles. The lowest BCUT2D eigenvalue weighted by atomic mass is 9.75. The van der Waals surface area contributed by atoms with E-state index in [0.29, 0.717) is 13.0 Å². The molecule has 4 aromatic rings. The van der Waals surface area contributed by atoms with Gasteiger partial charge in [-0.3, -0.25) is 4.90 Å². The van der Waals surface area contributed by atoms with E-state index < -0.39 is 34.7 Å². The minimum Gasteiger partial charge on any atom is -0.489 e. The second kappa shape index (κ2) is 10.2. The Labute approximate surface area is 280 Å². The fraction of sp³-hybridized carbons (Fsp3) is 0.485. The molecule has 5 aliphatic rings. The van der Waals surface area contributed by atoms with Gasteiger partial charge >= 0.3 is 6.01 Å². The van der Waals surface area contributed by atoms with Crippen LogP contribution in [0.5, 0.6) is 11.8 Å². The summed E-state index contributed by atoms with van der Waals surface area (Å²) in [5, 5.41) is 10.1. The maximum absolute atomic E-state index is 17.1. The number of hydrogen-bond donors (Lipinski definition) is 1. The van der Waals surface area contributed by atoms with Gasteiger partial charge in [-0.25, -0.2) is 22.0 Å². The number of ether oxygens (including phenoxy) is 2. The van der Waals surface area contributed by atoms with E-state index >= 15 is 4.39 Å². The Balaban J connectivity index is 1.22. The number of thiophene rings is 1. The van der Waals surface area contributed by atoms with Gasteiger partial charge in [0, 0.05) is 41.8 Å². The third kappa shape index (κ3) is 4.13. The molecule has 48 heavy (non-hydrogen) atoms. The van der Waals surface area contributed by atoms with Crippen LogP contribution in [-0.4, -0.2) is 71.4 Å². The Bertz CT molecular complexity index is 2100. The number of hydrogen-bond acceptors (Lipinski definition) is 9. The second-order valence-electron chi connectivity index (χ2n) is 13.8. The summed E-state index contributed by atoms with van der Waals surface area (Å²) in [5.74, 6) is -3.90. The lowest BCUT2D eigenvalue weighted by Gasteiger charge is -2.43. The largest absolute Gasteiger partial charge is 0.489 e. The number of alkyl halides is 3. The summed E-state index contributed by atoms with van der Waals surface area (Å²) in [4.78, 5) is 13.2. The Hall–Kier alpha value is -3.67. The van der Waals surface area contributed by atoms with Crippen molar-refractivity contribution in [2.75, 3.05) is 43.5 Å². The molecule has 2 N–H and O–H groups in total. The molecule has 1 spiro atoms. The zero-order valence-corrected chi connectivity index (χ0v) is 27.0. The SMILES string of the molecule is N#Cc1c(N)sc2c(F)ccc(-c3c(Cl)c4c5c(nc(OC[C@@]67CCCN6C[C@H](F)C7)nc5c3F)N(C3CC5(C3)CC5(F)F)CCO4)c12. The molecule has 0 unspecified atom stereocenters. The molecule has 15 heteroatoms. The molecule has 2 saturated heterocycles.